The van der Waals surface area contributed by atoms with Crippen molar-refractivity contribution in [3.63, 3.8) is 0 Å². The van der Waals surface area contributed by atoms with Gasteiger partial charge < -0.3 is 10.1 Å². The second-order valence-corrected chi connectivity index (χ2v) is 6.42. The minimum Gasteiger partial charge on any atom is -0.496 e. The summed E-state index contributed by atoms with van der Waals surface area (Å²) in [6.45, 7) is 6.85. The number of pyridine rings is 1. The zero-order valence-electron chi connectivity index (χ0n) is 14.9. The highest BCUT2D eigenvalue weighted by molar-refractivity contribution is 5.77. The van der Waals surface area contributed by atoms with Crippen molar-refractivity contribution < 1.29 is 9.53 Å². The number of benzene rings is 1. The summed E-state index contributed by atoms with van der Waals surface area (Å²) < 4.78 is 5.32. The van der Waals surface area contributed by atoms with Gasteiger partial charge in [0.15, 0.2) is 0 Å². The molecule has 0 aliphatic carbocycles. The Hall–Kier alpha value is -2.36. The van der Waals surface area contributed by atoms with E-state index in [1.165, 1.54) is 5.56 Å². The van der Waals surface area contributed by atoms with Gasteiger partial charge in [-0.15, -0.1) is 0 Å². The number of nitrogens with zero attached hydrogens (tertiary/aromatic N) is 1. The lowest BCUT2D eigenvalue weighted by Crippen LogP contribution is -2.26. The van der Waals surface area contributed by atoms with Crippen LogP contribution in [-0.2, 0) is 11.3 Å². The van der Waals surface area contributed by atoms with Gasteiger partial charge >= 0.3 is 0 Å². The molecule has 2 rings (SSSR count). The summed E-state index contributed by atoms with van der Waals surface area (Å²) in [6, 6.07) is 10.00. The SMILES string of the molecule is COc1ccc(C(CC(=O)NCc2cccnc2)C(C)C)cc1C. The van der Waals surface area contributed by atoms with E-state index in [0.29, 0.717) is 18.9 Å². The minimum absolute atomic E-state index is 0.0611. The van der Waals surface area contributed by atoms with Crippen molar-refractivity contribution >= 4 is 5.91 Å². The lowest BCUT2D eigenvalue weighted by molar-refractivity contribution is -0.121. The molecule has 2 aromatic rings. The predicted octanol–water partition coefficient (Wildman–Crippen LogP) is 3.84. The fourth-order valence-corrected chi connectivity index (χ4v) is 2.85. The maximum atomic E-state index is 12.4. The predicted molar refractivity (Wildman–Crippen MR) is 96.0 cm³/mol. The number of nitrogens with one attached hydrogen (secondary N) is 1. The van der Waals surface area contributed by atoms with Crippen molar-refractivity contribution in [2.75, 3.05) is 7.11 Å². The molecule has 4 nitrogen and oxygen atoms in total. The third-order valence-corrected chi connectivity index (χ3v) is 4.27. The molecule has 1 aromatic carbocycles. The van der Waals surface area contributed by atoms with E-state index in [0.717, 1.165) is 16.9 Å². The Morgan fingerprint density at radius 3 is 2.67 bits per heavy atom. The summed E-state index contributed by atoms with van der Waals surface area (Å²) in [5.41, 5.74) is 3.28. The molecule has 0 spiro atoms. The molecule has 1 atom stereocenters. The highest BCUT2D eigenvalue weighted by Gasteiger charge is 2.20. The first-order chi connectivity index (χ1) is 11.5. The van der Waals surface area contributed by atoms with Gasteiger partial charge in [0.2, 0.25) is 5.91 Å². The number of aryl methyl sites for hydroxylation is 1. The number of aromatic nitrogens is 1. The number of methoxy groups -OCH3 is 1. The first kappa shape index (κ1) is 18.0. The molecule has 0 bridgehead atoms. The van der Waals surface area contributed by atoms with Crippen molar-refractivity contribution in [1.29, 1.82) is 0 Å². The van der Waals surface area contributed by atoms with E-state index >= 15 is 0 Å². The molecule has 1 unspecified atom stereocenters. The number of rotatable bonds is 7. The van der Waals surface area contributed by atoms with Crippen molar-refractivity contribution in [3.8, 4) is 5.75 Å². The number of hydrogen-bond acceptors (Lipinski definition) is 3. The zero-order valence-corrected chi connectivity index (χ0v) is 14.9. The number of carbonyl (C=O) groups is 1. The first-order valence-electron chi connectivity index (χ1n) is 8.31. The van der Waals surface area contributed by atoms with Crippen LogP contribution in [0.5, 0.6) is 5.75 Å². The van der Waals surface area contributed by atoms with E-state index < -0.39 is 0 Å². The van der Waals surface area contributed by atoms with Crippen LogP contribution < -0.4 is 10.1 Å². The van der Waals surface area contributed by atoms with Gasteiger partial charge in [-0.05, 0) is 47.6 Å². The minimum atomic E-state index is 0.0611. The summed E-state index contributed by atoms with van der Waals surface area (Å²) in [5, 5.41) is 2.99. The fraction of sp³-hybridized carbons (Fsp3) is 0.400. The number of ether oxygens (including phenoxy) is 1. The van der Waals surface area contributed by atoms with Crippen LogP contribution in [-0.4, -0.2) is 18.0 Å². The molecule has 0 saturated heterocycles. The molecule has 1 heterocycles. The third-order valence-electron chi connectivity index (χ3n) is 4.27. The van der Waals surface area contributed by atoms with Gasteiger partial charge in [0, 0.05) is 25.4 Å². The largest absolute Gasteiger partial charge is 0.496 e. The normalized spacial score (nSPS) is 12.0. The maximum Gasteiger partial charge on any atom is 0.220 e. The number of carbonyl (C=O) groups excluding carboxylic acids is 1. The van der Waals surface area contributed by atoms with E-state index in [1.54, 1.807) is 19.5 Å². The molecule has 1 N–H and O–H groups in total. The summed E-state index contributed by atoms with van der Waals surface area (Å²) in [4.78, 5) is 16.4. The molecule has 0 radical (unpaired) electrons. The van der Waals surface area contributed by atoms with Crippen molar-refractivity contribution in [2.24, 2.45) is 5.92 Å². The van der Waals surface area contributed by atoms with Crippen molar-refractivity contribution in [1.82, 2.24) is 10.3 Å². The fourth-order valence-electron chi connectivity index (χ4n) is 2.85. The summed E-state index contributed by atoms with van der Waals surface area (Å²) in [7, 11) is 1.67. The molecule has 0 aliphatic heterocycles. The van der Waals surface area contributed by atoms with Crippen LogP contribution in [0.3, 0.4) is 0 Å². The summed E-state index contributed by atoms with van der Waals surface area (Å²) in [6.07, 6.45) is 3.98. The standard InChI is InChI=1S/C20H26N2O2/c1-14(2)18(17-7-8-19(24-4)15(3)10-17)11-20(23)22-13-16-6-5-9-21-12-16/h5-10,12,14,18H,11,13H2,1-4H3,(H,22,23). The van der Waals surface area contributed by atoms with Gasteiger partial charge in [-0.1, -0.05) is 32.0 Å². The average Bonchev–Trinajstić information content (AvgIpc) is 2.58. The van der Waals surface area contributed by atoms with Gasteiger partial charge in [-0.2, -0.15) is 0 Å². The molecule has 24 heavy (non-hydrogen) atoms. The van der Waals surface area contributed by atoms with Crippen LogP contribution >= 0.6 is 0 Å². The van der Waals surface area contributed by atoms with E-state index in [-0.39, 0.29) is 11.8 Å². The van der Waals surface area contributed by atoms with Gasteiger partial charge in [-0.3, -0.25) is 9.78 Å². The highest BCUT2D eigenvalue weighted by Crippen LogP contribution is 2.31. The second kappa shape index (κ2) is 8.48. The third kappa shape index (κ3) is 4.82. The lowest BCUT2D eigenvalue weighted by atomic mass is 9.85. The van der Waals surface area contributed by atoms with Gasteiger partial charge in [0.05, 0.1) is 7.11 Å². The summed E-state index contributed by atoms with van der Waals surface area (Å²) in [5.74, 6) is 1.50. The van der Waals surface area contributed by atoms with Crippen LogP contribution in [0.25, 0.3) is 0 Å². The Morgan fingerprint density at radius 2 is 2.08 bits per heavy atom. The van der Waals surface area contributed by atoms with Gasteiger partial charge in [-0.25, -0.2) is 0 Å². The molecule has 128 valence electrons. The maximum absolute atomic E-state index is 12.4. The van der Waals surface area contributed by atoms with E-state index in [2.05, 4.69) is 36.3 Å². The molecule has 0 aliphatic rings. The zero-order chi connectivity index (χ0) is 17.5. The van der Waals surface area contributed by atoms with E-state index in [9.17, 15) is 4.79 Å². The Bertz CT molecular complexity index is 669. The van der Waals surface area contributed by atoms with Gasteiger partial charge in [0.25, 0.3) is 0 Å². The van der Waals surface area contributed by atoms with Crippen LogP contribution in [0, 0.1) is 12.8 Å². The monoisotopic (exact) mass is 326 g/mol. The van der Waals surface area contributed by atoms with Crippen molar-refractivity contribution in [3.05, 3.63) is 59.4 Å². The van der Waals surface area contributed by atoms with Crippen molar-refractivity contribution in [2.45, 2.75) is 39.7 Å². The molecule has 4 heteroatoms. The van der Waals surface area contributed by atoms with Crippen LogP contribution in [0.1, 0.15) is 42.9 Å². The average molecular weight is 326 g/mol. The Balaban J connectivity index is 2.02. The summed E-state index contributed by atoms with van der Waals surface area (Å²) >= 11 is 0. The quantitative estimate of drug-likeness (QED) is 0.841. The topological polar surface area (TPSA) is 51.2 Å². The van der Waals surface area contributed by atoms with E-state index in [1.807, 2.05) is 25.1 Å². The lowest BCUT2D eigenvalue weighted by Gasteiger charge is -2.22. The van der Waals surface area contributed by atoms with E-state index in [4.69, 9.17) is 4.74 Å². The van der Waals surface area contributed by atoms with Crippen LogP contribution in [0.4, 0.5) is 0 Å². The first-order valence-corrected chi connectivity index (χ1v) is 8.31. The molecular weight excluding hydrogens is 300 g/mol. The number of hydrogen-bond donors (Lipinski definition) is 1. The highest BCUT2D eigenvalue weighted by atomic mass is 16.5. The van der Waals surface area contributed by atoms with Gasteiger partial charge in [0.1, 0.15) is 5.75 Å². The molecular formula is C20H26N2O2. The Labute approximate surface area is 144 Å². The molecule has 1 aromatic heterocycles. The Kier molecular flexibility index (Phi) is 6.36. The van der Waals surface area contributed by atoms with Crippen LogP contribution in [0.15, 0.2) is 42.7 Å². The molecule has 0 fully saturated rings. The smallest absolute Gasteiger partial charge is 0.220 e. The molecule has 1 amide bonds. The molecule has 0 saturated carbocycles. The number of amides is 1. The second-order valence-electron chi connectivity index (χ2n) is 6.42. The Morgan fingerprint density at radius 1 is 1.29 bits per heavy atom. The van der Waals surface area contributed by atoms with Crippen LogP contribution in [0.2, 0.25) is 0 Å².